The Balaban J connectivity index is 1.85. The molecule has 152 valence electrons. The number of nitrogens with two attached hydrogens (primary N) is 3. The molecule has 0 aromatic heterocycles. The minimum absolute atomic E-state index is 0.0215. The zero-order valence-corrected chi connectivity index (χ0v) is 16.3. The zero-order valence-electron chi connectivity index (χ0n) is 16.3. The number of phenols is 1. The van der Waals surface area contributed by atoms with Crippen LogP contribution in [-0.2, 0) is 4.79 Å². The van der Waals surface area contributed by atoms with E-state index in [2.05, 4.69) is 0 Å². The van der Waals surface area contributed by atoms with Crippen molar-refractivity contribution in [2.45, 2.75) is 44.4 Å². The van der Waals surface area contributed by atoms with Crippen molar-refractivity contribution in [3.8, 4) is 5.75 Å². The largest absolute Gasteiger partial charge is 0.507 e. The molecule has 2 saturated heterocycles. The number of aliphatic hydroxyl groups is 1. The van der Waals surface area contributed by atoms with Crippen LogP contribution in [0.3, 0.4) is 0 Å². The van der Waals surface area contributed by atoms with Crippen LogP contribution in [0.15, 0.2) is 41.9 Å². The fourth-order valence-corrected chi connectivity index (χ4v) is 4.05. The number of piperazine rings is 1. The van der Waals surface area contributed by atoms with E-state index >= 15 is 0 Å². The lowest BCUT2D eigenvalue weighted by Crippen LogP contribution is -2.59. The second-order valence-corrected chi connectivity index (χ2v) is 8.02. The smallest absolute Gasteiger partial charge is 0.254 e. The van der Waals surface area contributed by atoms with E-state index in [9.17, 15) is 15.0 Å². The van der Waals surface area contributed by atoms with Crippen molar-refractivity contribution in [2.24, 2.45) is 17.2 Å². The van der Waals surface area contributed by atoms with Gasteiger partial charge in [0, 0.05) is 36.4 Å². The van der Waals surface area contributed by atoms with Gasteiger partial charge in [-0.3, -0.25) is 4.79 Å². The predicted octanol–water partition coefficient (Wildman–Crippen LogP) is 0.224. The lowest BCUT2D eigenvalue weighted by Gasteiger charge is -2.44. The van der Waals surface area contributed by atoms with E-state index in [1.54, 1.807) is 35.2 Å². The Labute approximate surface area is 164 Å². The molecular weight excluding hydrogens is 358 g/mol. The van der Waals surface area contributed by atoms with Gasteiger partial charge in [-0.05, 0) is 44.9 Å². The number of phenolic OH excluding ortho intramolecular Hbond substituents is 1. The van der Waals surface area contributed by atoms with Gasteiger partial charge in [0.15, 0.2) is 0 Å². The molecule has 8 nitrogen and oxygen atoms in total. The van der Waals surface area contributed by atoms with Gasteiger partial charge in [0.2, 0.25) is 0 Å². The summed E-state index contributed by atoms with van der Waals surface area (Å²) in [4.78, 5) is 16.5. The van der Waals surface area contributed by atoms with Crippen molar-refractivity contribution in [3.05, 3.63) is 47.4 Å². The summed E-state index contributed by atoms with van der Waals surface area (Å²) >= 11 is 0. The van der Waals surface area contributed by atoms with E-state index in [-0.39, 0.29) is 29.6 Å². The number of amides is 1. The van der Waals surface area contributed by atoms with Gasteiger partial charge in [0.25, 0.3) is 5.91 Å². The Kier molecular flexibility index (Phi) is 5.16. The summed E-state index contributed by atoms with van der Waals surface area (Å²) in [7, 11) is 0. The van der Waals surface area contributed by atoms with Gasteiger partial charge in [0.05, 0.1) is 5.70 Å². The first-order chi connectivity index (χ1) is 13.1. The molecule has 0 aliphatic carbocycles. The summed E-state index contributed by atoms with van der Waals surface area (Å²) in [5, 5.41) is 20.2. The number of fused-ring (bicyclic) bond motifs is 2. The number of nitrogens with zero attached hydrogens (tertiary/aromatic N) is 2. The zero-order chi connectivity index (χ0) is 20.6. The summed E-state index contributed by atoms with van der Waals surface area (Å²) in [5.41, 5.74) is 18.1. The van der Waals surface area contributed by atoms with Crippen LogP contribution in [0.25, 0.3) is 5.70 Å². The molecule has 2 heterocycles. The molecule has 2 bridgehead atoms. The lowest BCUT2D eigenvalue weighted by molar-refractivity contribution is -0.153. The highest BCUT2D eigenvalue weighted by atomic mass is 16.3. The van der Waals surface area contributed by atoms with Crippen LogP contribution in [0.4, 0.5) is 0 Å². The van der Waals surface area contributed by atoms with E-state index < -0.39 is 5.60 Å². The number of carbonyl (C=O) groups excluding carboxylic acids is 1. The third-order valence-corrected chi connectivity index (χ3v) is 5.38. The van der Waals surface area contributed by atoms with E-state index in [1.807, 2.05) is 4.90 Å². The third kappa shape index (κ3) is 3.73. The van der Waals surface area contributed by atoms with Gasteiger partial charge >= 0.3 is 0 Å². The highest BCUT2D eigenvalue weighted by Gasteiger charge is 2.46. The molecule has 0 spiro atoms. The van der Waals surface area contributed by atoms with Gasteiger partial charge in [-0.1, -0.05) is 12.1 Å². The maximum Gasteiger partial charge on any atom is 0.254 e. The van der Waals surface area contributed by atoms with E-state index in [4.69, 9.17) is 17.2 Å². The summed E-state index contributed by atoms with van der Waals surface area (Å²) < 4.78 is 0. The normalized spacial score (nSPS) is 22.3. The van der Waals surface area contributed by atoms with Crippen LogP contribution in [0, 0.1) is 0 Å². The summed E-state index contributed by atoms with van der Waals surface area (Å²) in [6, 6.07) is 6.74. The van der Waals surface area contributed by atoms with Crippen LogP contribution in [0.5, 0.6) is 5.75 Å². The molecule has 3 rings (SSSR count). The molecule has 0 saturated carbocycles. The number of carbonyl (C=O) groups is 1. The molecule has 8 N–H and O–H groups in total. The van der Waals surface area contributed by atoms with E-state index in [1.165, 1.54) is 13.8 Å². The second-order valence-electron chi connectivity index (χ2n) is 8.02. The van der Waals surface area contributed by atoms with Gasteiger partial charge in [-0.15, -0.1) is 0 Å². The van der Waals surface area contributed by atoms with Crippen molar-refractivity contribution >= 4 is 11.6 Å². The summed E-state index contributed by atoms with van der Waals surface area (Å²) in [5.74, 6) is -0.0537. The molecule has 28 heavy (non-hydrogen) atoms. The molecule has 2 fully saturated rings. The van der Waals surface area contributed by atoms with E-state index in [0.29, 0.717) is 30.0 Å². The average molecular weight is 387 g/mol. The maximum atomic E-state index is 12.6. The second kappa shape index (κ2) is 7.27. The molecule has 1 amide bonds. The first-order valence-electron chi connectivity index (χ1n) is 9.40. The lowest BCUT2D eigenvalue weighted by atomic mass is 10.0. The van der Waals surface area contributed by atoms with Crippen molar-refractivity contribution in [1.82, 2.24) is 9.80 Å². The highest BCUT2D eigenvalue weighted by molar-refractivity contribution is 5.85. The monoisotopic (exact) mass is 387 g/mol. The standard InChI is InChI=1S/C20H29N5O3/c1-20(2,28)19(27)25-12-7-8-13(25)11-24(10-12)16(18(22)23)9-15(21)14-5-3-4-6-17(14)26/h3-6,9,12-13,26,28H,7-8,10-11,21-23H2,1-2H3/b15-9-. The number of aromatic hydroxyl groups is 1. The fourth-order valence-electron chi connectivity index (χ4n) is 4.05. The van der Waals surface area contributed by atoms with Gasteiger partial charge < -0.3 is 37.2 Å². The topological polar surface area (TPSA) is 142 Å². The molecular formula is C20H29N5O3. The van der Waals surface area contributed by atoms with Crippen molar-refractivity contribution < 1.29 is 15.0 Å². The molecule has 8 heteroatoms. The van der Waals surface area contributed by atoms with Gasteiger partial charge in [-0.2, -0.15) is 0 Å². The van der Waals surface area contributed by atoms with Crippen molar-refractivity contribution in [1.29, 1.82) is 0 Å². The van der Waals surface area contributed by atoms with Crippen LogP contribution in [0.1, 0.15) is 32.3 Å². The Bertz CT molecular complexity index is 809. The Hall–Kier alpha value is -2.87. The number of hydrogen-bond acceptors (Lipinski definition) is 7. The Morgan fingerprint density at radius 1 is 1.14 bits per heavy atom. The quantitative estimate of drug-likeness (QED) is 0.465. The molecule has 2 aliphatic rings. The number of hydrogen-bond donors (Lipinski definition) is 5. The molecule has 2 unspecified atom stereocenters. The number of rotatable bonds is 4. The van der Waals surface area contributed by atoms with Crippen molar-refractivity contribution in [3.63, 3.8) is 0 Å². The molecule has 1 aromatic rings. The summed E-state index contributed by atoms with van der Waals surface area (Å²) in [6.07, 6.45) is 3.39. The molecule has 2 atom stereocenters. The highest BCUT2D eigenvalue weighted by Crippen LogP contribution is 2.34. The number of benzene rings is 1. The Morgan fingerprint density at radius 3 is 2.21 bits per heavy atom. The fraction of sp³-hybridized carbons (Fsp3) is 0.450. The number of allylic oxidation sites excluding steroid dienone is 1. The van der Waals surface area contributed by atoms with Gasteiger partial charge in [0.1, 0.15) is 17.2 Å². The van der Waals surface area contributed by atoms with Gasteiger partial charge in [-0.25, -0.2) is 0 Å². The SMILES string of the molecule is CC(C)(O)C(=O)N1C2CCC1CN(C(/C=C(\N)c1ccccc1O)=C(N)N)C2. The molecule has 1 aromatic carbocycles. The first-order valence-corrected chi connectivity index (χ1v) is 9.40. The third-order valence-electron chi connectivity index (χ3n) is 5.38. The molecule has 2 aliphatic heterocycles. The van der Waals surface area contributed by atoms with Crippen LogP contribution < -0.4 is 17.2 Å². The maximum absolute atomic E-state index is 12.6. The van der Waals surface area contributed by atoms with Crippen LogP contribution in [0.2, 0.25) is 0 Å². The Morgan fingerprint density at radius 2 is 1.71 bits per heavy atom. The van der Waals surface area contributed by atoms with Crippen LogP contribution >= 0.6 is 0 Å². The van der Waals surface area contributed by atoms with E-state index in [0.717, 1.165) is 12.8 Å². The molecule has 0 radical (unpaired) electrons. The summed E-state index contributed by atoms with van der Waals surface area (Å²) in [6.45, 7) is 4.13. The predicted molar refractivity (Wildman–Crippen MR) is 107 cm³/mol. The number of likely N-dealkylation sites (tertiary alicyclic amines) is 1. The first kappa shape index (κ1) is 19.9. The minimum atomic E-state index is -1.40. The minimum Gasteiger partial charge on any atom is -0.507 e. The van der Waals surface area contributed by atoms with Crippen LogP contribution in [-0.4, -0.2) is 56.7 Å². The van der Waals surface area contributed by atoms with Crippen molar-refractivity contribution in [2.75, 3.05) is 13.1 Å². The number of para-hydroxylation sites is 1. The average Bonchev–Trinajstić information content (AvgIpc) is 2.87.